The summed E-state index contributed by atoms with van der Waals surface area (Å²) in [7, 11) is 0. The normalized spacial score (nSPS) is 9.88. The summed E-state index contributed by atoms with van der Waals surface area (Å²) in [6.07, 6.45) is 4.85. The zero-order chi connectivity index (χ0) is 12.1. The molecule has 2 aromatic rings. The molecule has 0 fully saturated rings. The van der Waals surface area contributed by atoms with E-state index in [1.807, 2.05) is 12.1 Å². The van der Waals surface area contributed by atoms with Gasteiger partial charge in [0, 0.05) is 25.1 Å². The SMILES string of the molecule is Nc1ccc(C(=O)NCc2cccnc2)cn1. The van der Waals surface area contributed by atoms with Crippen molar-refractivity contribution >= 4 is 11.7 Å². The second-order valence-corrected chi connectivity index (χ2v) is 3.52. The topological polar surface area (TPSA) is 80.9 Å². The first-order chi connectivity index (χ1) is 8.25. The van der Waals surface area contributed by atoms with Crippen LogP contribution in [0.1, 0.15) is 15.9 Å². The van der Waals surface area contributed by atoms with Crippen LogP contribution in [0.15, 0.2) is 42.9 Å². The molecule has 17 heavy (non-hydrogen) atoms. The van der Waals surface area contributed by atoms with Crippen molar-refractivity contribution < 1.29 is 4.79 Å². The van der Waals surface area contributed by atoms with Gasteiger partial charge >= 0.3 is 0 Å². The molecule has 0 aromatic carbocycles. The molecule has 0 radical (unpaired) electrons. The Kier molecular flexibility index (Phi) is 3.30. The predicted octanol–water partition coefficient (Wildman–Crippen LogP) is 0.989. The zero-order valence-corrected chi connectivity index (χ0v) is 9.13. The van der Waals surface area contributed by atoms with Gasteiger partial charge in [0.25, 0.3) is 5.91 Å². The molecular weight excluding hydrogens is 216 g/mol. The maximum absolute atomic E-state index is 11.7. The highest BCUT2D eigenvalue weighted by atomic mass is 16.1. The second kappa shape index (κ2) is 5.07. The summed E-state index contributed by atoms with van der Waals surface area (Å²) in [6, 6.07) is 6.96. The molecule has 2 aromatic heterocycles. The van der Waals surface area contributed by atoms with Crippen molar-refractivity contribution in [3.05, 3.63) is 54.0 Å². The number of rotatable bonds is 3. The molecule has 0 saturated heterocycles. The van der Waals surface area contributed by atoms with E-state index < -0.39 is 0 Å². The van der Waals surface area contributed by atoms with Crippen molar-refractivity contribution in [1.82, 2.24) is 15.3 Å². The van der Waals surface area contributed by atoms with E-state index in [0.29, 0.717) is 17.9 Å². The number of carbonyl (C=O) groups is 1. The average Bonchev–Trinajstić information content (AvgIpc) is 2.38. The van der Waals surface area contributed by atoms with Crippen LogP contribution in [0.5, 0.6) is 0 Å². The fourth-order valence-electron chi connectivity index (χ4n) is 1.33. The lowest BCUT2D eigenvalue weighted by atomic mass is 10.2. The molecule has 0 aliphatic heterocycles. The summed E-state index contributed by atoms with van der Waals surface area (Å²) in [5, 5.41) is 2.77. The first kappa shape index (κ1) is 11.1. The highest BCUT2D eigenvalue weighted by Crippen LogP contribution is 2.02. The van der Waals surface area contributed by atoms with Crippen molar-refractivity contribution in [2.45, 2.75) is 6.54 Å². The summed E-state index contributed by atoms with van der Waals surface area (Å²) in [5.74, 6) is 0.218. The van der Waals surface area contributed by atoms with Crippen LogP contribution in [0.3, 0.4) is 0 Å². The minimum Gasteiger partial charge on any atom is -0.384 e. The lowest BCUT2D eigenvalue weighted by Gasteiger charge is -2.04. The smallest absolute Gasteiger partial charge is 0.253 e. The van der Waals surface area contributed by atoms with E-state index in [2.05, 4.69) is 15.3 Å². The zero-order valence-electron chi connectivity index (χ0n) is 9.13. The minimum absolute atomic E-state index is 0.179. The van der Waals surface area contributed by atoms with Crippen LogP contribution >= 0.6 is 0 Å². The Bertz CT molecular complexity index is 496. The number of amides is 1. The third-order valence-electron chi connectivity index (χ3n) is 2.22. The first-order valence-electron chi connectivity index (χ1n) is 5.14. The fourth-order valence-corrected chi connectivity index (χ4v) is 1.33. The molecule has 1 amide bonds. The van der Waals surface area contributed by atoms with Gasteiger partial charge in [0.2, 0.25) is 0 Å². The Morgan fingerprint density at radius 1 is 1.29 bits per heavy atom. The van der Waals surface area contributed by atoms with Gasteiger partial charge in [0.15, 0.2) is 0 Å². The van der Waals surface area contributed by atoms with Crippen LogP contribution in [-0.4, -0.2) is 15.9 Å². The molecule has 86 valence electrons. The van der Waals surface area contributed by atoms with Crippen LogP contribution in [0.25, 0.3) is 0 Å². The molecule has 0 atom stereocenters. The molecule has 0 aliphatic carbocycles. The summed E-state index contributed by atoms with van der Waals surface area (Å²) < 4.78 is 0. The molecule has 2 heterocycles. The molecule has 3 N–H and O–H groups in total. The summed E-state index contributed by atoms with van der Waals surface area (Å²) >= 11 is 0. The maximum atomic E-state index is 11.7. The number of nitrogens with two attached hydrogens (primary N) is 1. The summed E-state index contributed by atoms with van der Waals surface area (Å²) in [4.78, 5) is 19.5. The maximum Gasteiger partial charge on any atom is 0.253 e. The van der Waals surface area contributed by atoms with Crippen LogP contribution in [0.4, 0.5) is 5.82 Å². The first-order valence-corrected chi connectivity index (χ1v) is 5.14. The standard InChI is InChI=1S/C12H12N4O/c13-11-4-3-10(8-15-11)12(17)16-7-9-2-1-5-14-6-9/h1-6,8H,7H2,(H2,13,15)(H,16,17). The number of anilines is 1. The number of hydrogen-bond donors (Lipinski definition) is 2. The van der Waals surface area contributed by atoms with Gasteiger partial charge in [-0.05, 0) is 23.8 Å². The van der Waals surface area contributed by atoms with Crippen molar-refractivity contribution in [1.29, 1.82) is 0 Å². The second-order valence-electron chi connectivity index (χ2n) is 3.52. The van der Waals surface area contributed by atoms with E-state index in [9.17, 15) is 4.79 Å². The van der Waals surface area contributed by atoms with Gasteiger partial charge in [-0.1, -0.05) is 6.07 Å². The molecule has 0 aliphatic rings. The Labute approximate surface area is 98.7 Å². The Balaban J connectivity index is 1.96. The summed E-state index contributed by atoms with van der Waals surface area (Å²) in [5.41, 5.74) is 6.88. The molecule has 0 saturated carbocycles. The van der Waals surface area contributed by atoms with Crippen LogP contribution in [-0.2, 0) is 6.54 Å². The molecule has 5 nitrogen and oxygen atoms in total. The third kappa shape index (κ3) is 3.01. The lowest BCUT2D eigenvalue weighted by molar-refractivity contribution is 0.0950. The highest BCUT2D eigenvalue weighted by molar-refractivity contribution is 5.93. The van der Waals surface area contributed by atoms with Crippen molar-refractivity contribution in [2.75, 3.05) is 5.73 Å². The quantitative estimate of drug-likeness (QED) is 0.820. The number of nitrogen functional groups attached to an aromatic ring is 1. The third-order valence-corrected chi connectivity index (χ3v) is 2.22. The lowest BCUT2D eigenvalue weighted by Crippen LogP contribution is -2.22. The van der Waals surface area contributed by atoms with Crippen molar-refractivity contribution in [3.63, 3.8) is 0 Å². The predicted molar refractivity (Wildman–Crippen MR) is 64.1 cm³/mol. The summed E-state index contributed by atoms with van der Waals surface area (Å²) in [6.45, 7) is 0.442. The number of nitrogens with zero attached hydrogens (tertiary/aromatic N) is 2. The van der Waals surface area contributed by atoms with Gasteiger partial charge in [0.05, 0.1) is 5.56 Å². The molecule has 5 heteroatoms. The number of hydrogen-bond acceptors (Lipinski definition) is 4. The number of aromatic nitrogens is 2. The molecule has 0 bridgehead atoms. The number of carbonyl (C=O) groups excluding carboxylic acids is 1. The highest BCUT2D eigenvalue weighted by Gasteiger charge is 2.04. The van der Waals surface area contributed by atoms with Gasteiger partial charge in [-0.15, -0.1) is 0 Å². The Hall–Kier alpha value is -2.43. The Morgan fingerprint density at radius 3 is 2.82 bits per heavy atom. The van der Waals surface area contributed by atoms with E-state index in [4.69, 9.17) is 5.73 Å². The Morgan fingerprint density at radius 2 is 2.18 bits per heavy atom. The van der Waals surface area contributed by atoms with E-state index in [1.54, 1.807) is 24.5 Å². The van der Waals surface area contributed by atoms with Crippen molar-refractivity contribution in [2.24, 2.45) is 0 Å². The molecular formula is C12H12N4O. The number of nitrogens with one attached hydrogen (secondary N) is 1. The van der Waals surface area contributed by atoms with E-state index in [1.165, 1.54) is 6.20 Å². The largest absolute Gasteiger partial charge is 0.384 e. The fraction of sp³-hybridized carbons (Fsp3) is 0.0833. The molecule has 0 unspecified atom stereocenters. The van der Waals surface area contributed by atoms with Crippen LogP contribution < -0.4 is 11.1 Å². The van der Waals surface area contributed by atoms with E-state index in [-0.39, 0.29) is 5.91 Å². The monoisotopic (exact) mass is 228 g/mol. The number of pyridine rings is 2. The molecule has 2 rings (SSSR count). The van der Waals surface area contributed by atoms with Gasteiger partial charge < -0.3 is 11.1 Å². The van der Waals surface area contributed by atoms with Crippen molar-refractivity contribution in [3.8, 4) is 0 Å². The van der Waals surface area contributed by atoms with Crippen LogP contribution in [0, 0.1) is 0 Å². The minimum atomic E-state index is -0.179. The molecule has 0 spiro atoms. The van der Waals surface area contributed by atoms with Crippen LogP contribution in [0.2, 0.25) is 0 Å². The van der Waals surface area contributed by atoms with E-state index in [0.717, 1.165) is 5.56 Å². The average molecular weight is 228 g/mol. The van der Waals surface area contributed by atoms with Gasteiger partial charge in [-0.25, -0.2) is 4.98 Å². The van der Waals surface area contributed by atoms with Gasteiger partial charge in [0.1, 0.15) is 5.82 Å². The van der Waals surface area contributed by atoms with E-state index >= 15 is 0 Å². The van der Waals surface area contributed by atoms with Gasteiger partial charge in [-0.3, -0.25) is 9.78 Å². The van der Waals surface area contributed by atoms with Gasteiger partial charge in [-0.2, -0.15) is 0 Å².